The third kappa shape index (κ3) is 52.6. The summed E-state index contributed by atoms with van der Waals surface area (Å²) in [6.07, 6.45) is 0. The number of hydrogen-bond acceptors (Lipinski definition) is 10. The number of rotatable bonds is 4. The fraction of sp³-hybridized carbons (Fsp3) is 1.00. The molecular weight excluding hydrogens is 458 g/mol. The van der Waals surface area contributed by atoms with Gasteiger partial charge in [0, 0.05) is 0 Å². The Morgan fingerprint density at radius 1 is 0.722 bits per heavy atom. The summed E-state index contributed by atoms with van der Waals surface area (Å²) in [6, 6.07) is 0. The van der Waals surface area contributed by atoms with Crippen molar-refractivity contribution in [3.05, 3.63) is 0 Å². The van der Waals surface area contributed by atoms with E-state index >= 15 is 0 Å². The van der Waals surface area contributed by atoms with E-state index in [1.165, 1.54) is 0 Å². The molecule has 0 heterocycles. The molecule has 0 amide bonds. The molecule has 0 aromatic heterocycles. The topological polar surface area (TPSA) is 179 Å². The first kappa shape index (κ1) is 27.9. The Balaban J connectivity index is -0.0000000857. The predicted octanol–water partition coefficient (Wildman–Crippen LogP) is -0.504. The van der Waals surface area contributed by atoms with Crippen LogP contribution in [0.2, 0.25) is 0 Å². The smallest absolute Gasteiger partial charge is 0.563 e. The van der Waals surface area contributed by atoms with Gasteiger partial charge in [-0.15, -0.1) is 23.2 Å². The van der Waals surface area contributed by atoms with Crippen LogP contribution in [0.25, 0.3) is 0 Å². The minimum Gasteiger partial charge on any atom is -0.563 e. The average molecular weight is 460 g/mol. The molecule has 0 aromatic rings. The molecule has 100 valence electrons. The van der Waals surface area contributed by atoms with Crippen molar-refractivity contribution in [1.82, 2.24) is 0 Å². The summed E-state index contributed by atoms with van der Waals surface area (Å²) in [6.45, 7) is 0. The van der Waals surface area contributed by atoms with Gasteiger partial charge >= 0.3 is 59.2 Å². The molecule has 0 aromatic carbocycles. The molecule has 4 unspecified atom stereocenters. The van der Waals surface area contributed by atoms with Crippen molar-refractivity contribution in [3.63, 3.8) is 0 Å². The first-order chi connectivity index (χ1) is 7.67. The molecule has 0 rings (SSSR count). The van der Waals surface area contributed by atoms with Crippen molar-refractivity contribution < 1.29 is 72.7 Å². The Hall–Kier alpha value is 1.62. The minimum absolute atomic E-state index is 0. The van der Waals surface area contributed by atoms with Crippen LogP contribution in [0, 0.1) is 0 Å². The maximum atomic E-state index is 9.24. The summed E-state index contributed by atoms with van der Waals surface area (Å²) in [5.41, 5.74) is 0. The molecule has 0 radical (unpaired) electrons. The van der Waals surface area contributed by atoms with Crippen LogP contribution in [0.5, 0.6) is 0 Å². The second-order valence-electron chi connectivity index (χ2n) is 1.16. The standard InChI is InChI=1S/CH2Cl2.2O5P2.Zr/c2-1-3;2*1-6(2)5-7(3)4;/h1H2;;;/q;;;+4. The van der Waals surface area contributed by atoms with E-state index < -0.39 is 33.0 Å². The van der Waals surface area contributed by atoms with Crippen molar-refractivity contribution in [2.45, 2.75) is 0 Å². The van der Waals surface area contributed by atoms with Crippen molar-refractivity contribution >= 4 is 56.2 Å². The van der Waals surface area contributed by atoms with Gasteiger partial charge in [-0.25, -0.2) is 0 Å². The molecule has 0 spiro atoms. The van der Waals surface area contributed by atoms with E-state index in [9.17, 15) is 37.8 Å². The van der Waals surface area contributed by atoms with E-state index in [1.54, 1.807) is 0 Å². The number of halogens is 2. The van der Waals surface area contributed by atoms with Crippen LogP contribution in [-0.2, 0) is 53.1 Å². The van der Waals surface area contributed by atoms with Gasteiger partial charge in [0.25, 0.3) is 0 Å². The zero-order valence-corrected chi connectivity index (χ0v) is 15.4. The Labute approximate surface area is 134 Å². The average Bonchev–Trinajstić information content (AvgIpc) is 1.99. The summed E-state index contributed by atoms with van der Waals surface area (Å²) < 4.78 is 43.3. The maximum Gasteiger partial charge on any atom is 4.00 e. The third-order valence-electron chi connectivity index (χ3n) is 0.267. The van der Waals surface area contributed by atoms with E-state index in [1.807, 2.05) is 0 Å². The van der Waals surface area contributed by atoms with Gasteiger partial charge in [-0.3, -0.25) is 0 Å². The maximum absolute atomic E-state index is 9.24. The molecule has 0 saturated carbocycles. The van der Waals surface area contributed by atoms with Crippen LogP contribution in [0.1, 0.15) is 0 Å². The van der Waals surface area contributed by atoms with Crippen molar-refractivity contribution in [1.29, 1.82) is 0 Å². The minimum atomic E-state index is -3.24. The fourth-order valence-electron chi connectivity index (χ4n) is 0.109. The van der Waals surface area contributed by atoms with E-state index in [4.69, 9.17) is 23.2 Å². The first-order valence-electron chi connectivity index (χ1n) is 2.73. The molecule has 18 heavy (non-hydrogen) atoms. The molecule has 0 bridgehead atoms. The molecule has 0 aliphatic heterocycles. The van der Waals surface area contributed by atoms with Gasteiger partial charge in [-0.1, -0.05) is 0 Å². The largest absolute Gasteiger partial charge is 4.00 e. The second kappa shape index (κ2) is 20.9. The van der Waals surface area contributed by atoms with Crippen molar-refractivity contribution in [3.8, 4) is 0 Å². The molecule has 0 aliphatic rings. The number of alkyl halides is 2. The van der Waals surface area contributed by atoms with E-state index in [0.717, 1.165) is 0 Å². The molecule has 0 aliphatic carbocycles. The normalized spacial score (nSPS) is 11.4. The van der Waals surface area contributed by atoms with Gasteiger partial charge in [-0.2, -0.15) is 0 Å². The third-order valence-corrected chi connectivity index (χ3v) is 2.40. The Morgan fingerprint density at radius 2 is 0.833 bits per heavy atom. The van der Waals surface area contributed by atoms with Crippen molar-refractivity contribution in [2.24, 2.45) is 0 Å². The zero-order valence-electron chi connectivity index (χ0n) is 7.83. The Kier molecular flexibility index (Phi) is 32.4. The number of hydrogen-bond donors (Lipinski definition) is 0. The van der Waals surface area contributed by atoms with Gasteiger partial charge in [0.15, 0.2) is 0 Å². The SMILES string of the molecule is ClCCl.O=[P+]([O-])O[P+](=O)[O-].O=[P+]([O-])O[P+](=O)[O-].[Zr+4]. The van der Waals surface area contributed by atoms with Crippen LogP contribution in [0.3, 0.4) is 0 Å². The van der Waals surface area contributed by atoms with E-state index in [-0.39, 0.29) is 31.5 Å². The summed E-state index contributed by atoms with van der Waals surface area (Å²) in [4.78, 5) is 37.0. The molecule has 0 fully saturated rings. The molecule has 0 saturated heterocycles. The molecule has 10 nitrogen and oxygen atoms in total. The van der Waals surface area contributed by atoms with Crippen LogP contribution >= 0.6 is 56.2 Å². The van der Waals surface area contributed by atoms with E-state index in [2.05, 4.69) is 8.62 Å². The predicted molar refractivity (Wildman–Crippen MR) is 49.2 cm³/mol. The molecular formula is CH2Cl2O10P4Zr+4. The molecule has 17 heteroatoms. The van der Waals surface area contributed by atoms with Crippen LogP contribution < -0.4 is 19.6 Å². The molecule has 0 N–H and O–H groups in total. The van der Waals surface area contributed by atoms with Crippen LogP contribution in [-0.4, -0.2) is 5.34 Å². The summed E-state index contributed by atoms with van der Waals surface area (Å²) in [5, 5.41) is 0.194. The van der Waals surface area contributed by atoms with Gasteiger partial charge in [-0.05, 0) is 18.3 Å². The summed E-state index contributed by atoms with van der Waals surface area (Å²) >= 11 is 9.53. The van der Waals surface area contributed by atoms with Gasteiger partial charge in [0.2, 0.25) is 0 Å². The first-order valence-corrected chi connectivity index (χ1v) is 8.18. The molecule has 4 atom stereocenters. The fourth-order valence-corrected chi connectivity index (χ4v) is 0.980. The monoisotopic (exact) mass is 458 g/mol. The van der Waals surface area contributed by atoms with Crippen LogP contribution in [0.15, 0.2) is 0 Å². The Bertz CT molecular complexity index is 223. The van der Waals surface area contributed by atoms with Crippen LogP contribution in [0.4, 0.5) is 0 Å². The summed E-state index contributed by atoms with van der Waals surface area (Å²) in [7, 11) is -12.9. The Morgan fingerprint density at radius 3 is 0.833 bits per heavy atom. The van der Waals surface area contributed by atoms with E-state index in [0.29, 0.717) is 0 Å². The second-order valence-corrected chi connectivity index (χ2v) is 5.06. The summed E-state index contributed by atoms with van der Waals surface area (Å²) in [5.74, 6) is 0. The zero-order chi connectivity index (χ0) is 14.4. The van der Waals surface area contributed by atoms with Gasteiger partial charge in [0.05, 0.1) is 5.34 Å². The quantitative estimate of drug-likeness (QED) is 0.392. The van der Waals surface area contributed by atoms with Gasteiger partial charge < -0.3 is 19.6 Å². The van der Waals surface area contributed by atoms with Gasteiger partial charge in [0.1, 0.15) is 8.62 Å². The van der Waals surface area contributed by atoms with Crippen molar-refractivity contribution in [2.75, 3.05) is 5.34 Å².